The number of nitrogens with zero attached hydrogens (tertiary/aromatic N) is 2. The lowest BCUT2D eigenvalue weighted by molar-refractivity contribution is 0.102. The van der Waals surface area contributed by atoms with Crippen molar-refractivity contribution in [3.05, 3.63) is 27.2 Å². The number of rotatable bonds is 7. The number of aromatic nitrogens is 2. The maximum atomic E-state index is 12.4. The van der Waals surface area contributed by atoms with Gasteiger partial charge in [-0.25, -0.2) is 0 Å². The largest absolute Gasteiger partial charge is 0.493 e. The molecule has 2 aromatic rings. The Morgan fingerprint density at radius 1 is 1.38 bits per heavy atom. The molecule has 0 unspecified atom stereocenters. The summed E-state index contributed by atoms with van der Waals surface area (Å²) in [7, 11) is 1.54. The molecule has 1 aromatic heterocycles. The van der Waals surface area contributed by atoms with E-state index in [-0.39, 0.29) is 5.91 Å². The number of hydrogen-bond donors (Lipinski definition) is 1. The minimum atomic E-state index is -0.274. The van der Waals surface area contributed by atoms with E-state index in [2.05, 4.69) is 45.3 Å². The fourth-order valence-electron chi connectivity index (χ4n) is 2.04. The van der Waals surface area contributed by atoms with Crippen LogP contribution < -0.4 is 14.8 Å². The predicted octanol–water partition coefficient (Wildman–Crippen LogP) is 4.16. The lowest BCUT2D eigenvalue weighted by Crippen LogP contribution is -2.12. The predicted molar refractivity (Wildman–Crippen MR) is 98.3 cm³/mol. The molecule has 0 bridgehead atoms. The van der Waals surface area contributed by atoms with Crippen LogP contribution in [0.5, 0.6) is 11.5 Å². The number of ether oxygens (including phenoxy) is 2. The Labute approximate surface area is 153 Å². The smallest absolute Gasteiger partial charge is 0.257 e. The summed E-state index contributed by atoms with van der Waals surface area (Å²) < 4.78 is 11.5. The number of nitrogens with one attached hydrogen (secondary N) is 1. The highest BCUT2D eigenvalue weighted by molar-refractivity contribution is 9.10. The summed E-state index contributed by atoms with van der Waals surface area (Å²) in [6.45, 7) is 6.62. The lowest BCUT2D eigenvalue weighted by Gasteiger charge is -2.12. The zero-order valence-corrected chi connectivity index (χ0v) is 16.5. The van der Waals surface area contributed by atoms with Gasteiger partial charge in [-0.2, -0.15) is 0 Å². The molecule has 0 radical (unpaired) electrons. The molecule has 0 aliphatic carbocycles. The number of methoxy groups -OCH3 is 1. The molecule has 0 fully saturated rings. The molecule has 1 aromatic carbocycles. The number of amides is 1. The van der Waals surface area contributed by atoms with E-state index >= 15 is 0 Å². The Balaban J connectivity index is 2.17. The van der Waals surface area contributed by atoms with E-state index in [9.17, 15) is 4.79 Å². The second-order valence-electron chi connectivity index (χ2n) is 5.48. The first-order valence-electron chi connectivity index (χ1n) is 7.58. The normalized spacial score (nSPS) is 10.8. The van der Waals surface area contributed by atoms with Gasteiger partial charge in [0.1, 0.15) is 5.01 Å². The zero-order valence-electron chi connectivity index (χ0n) is 14.1. The molecule has 2 rings (SSSR count). The molecular formula is C16H20BrN3O3S. The van der Waals surface area contributed by atoms with Gasteiger partial charge in [0.2, 0.25) is 5.13 Å². The van der Waals surface area contributed by atoms with Crippen molar-refractivity contribution in [2.75, 3.05) is 19.0 Å². The molecule has 0 saturated carbocycles. The first-order valence-corrected chi connectivity index (χ1v) is 9.19. The third-order valence-corrected chi connectivity index (χ3v) is 4.50. The van der Waals surface area contributed by atoms with Crippen LogP contribution in [0.3, 0.4) is 0 Å². The van der Waals surface area contributed by atoms with Crippen molar-refractivity contribution in [3.63, 3.8) is 0 Å². The molecule has 130 valence electrons. The standard InChI is InChI=1S/C16H20BrN3O3S/c1-5-23-14-11(17)7-10(8-12(14)22-4)15(21)18-16-20-19-13(24-16)6-9(2)3/h7-9H,5-6H2,1-4H3,(H,18,20,21). The maximum Gasteiger partial charge on any atom is 0.257 e. The van der Waals surface area contributed by atoms with Crippen LogP contribution in [-0.2, 0) is 6.42 Å². The van der Waals surface area contributed by atoms with Crippen LogP contribution in [0.25, 0.3) is 0 Å². The Morgan fingerprint density at radius 3 is 2.75 bits per heavy atom. The van der Waals surface area contributed by atoms with Gasteiger partial charge in [-0.15, -0.1) is 10.2 Å². The van der Waals surface area contributed by atoms with Crippen LogP contribution in [-0.4, -0.2) is 29.8 Å². The van der Waals surface area contributed by atoms with E-state index in [4.69, 9.17) is 9.47 Å². The number of carbonyl (C=O) groups excluding carboxylic acids is 1. The molecule has 1 amide bonds. The van der Waals surface area contributed by atoms with Gasteiger partial charge >= 0.3 is 0 Å². The lowest BCUT2D eigenvalue weighted by atomic mass is 10.1. The van der Waals surface area contributed by atoms with Crippen molar-refractivity contribution in [3.8, 4) is 11.5 Å². The first kappa shape index (κ1) is 18.7. The minimum Gasteiger partial charge on any atom is -0.493 e. The van der Waals surface area contributed by atoms with Crippen LogP contribution in [0, 0.1) is 5.92 Å². The van der Waals surface area contributed by atoms with Crippen molar-refractivity contribution >= 4 is 38.3 Å². The van der Waals surface area contributed by atoms with Crippen molar-refractivity contribution < 1.29 is 14.3 Å². The molecule has 6 nitrogen and oxygen atoms in total. The maximum absolute atomic E-state index is 12.4. The highest BCUT2D eigenvalue weighted by atomic mass is 79.9. The Hall–Kier alpha value is -1.67. The van der Waals surface area contributed by atoms with Gasteiger partial charge in [0.05, 0.1) is 18.2 Å². The van der Waals surface area contributed by atoms with Crippen LogP contribution in [0.1, 0.15) is 36.1 Å². The van der Waals surface area contributed by atoms with Gasteiger partial charge in [0.15, 0.2) is 11.5 Å². The molecule has 8 heteroatoms. The third-order valence-electron chi connectivity index (χ3n) is 3.05. The zero-order chi connectivity index (χ0) is 17.7. The van der Waals surface area contributed by atoms with Gasteiger partial charge in [-0.1, -0.05) is 25.2 Å². The van der Waals surface area contributed by atoms with E-state index in [1.807, 2.05) is 6.92 Å². The minimum absolute atomic E-state index is 0.274. The molecule has 0 spiro atoms. The molecular weight excluding hydrogens is 394 g/mol. The number of anilines is 1. The topological polar surface area (TPSA) is 73.3 Å². The highest BCUT2D eigenvalue weighted by Crippen LogP contribution is 2.36. The summed E-state index contributed by atoms with van der Waals surface area (Å²) in [4.78, 5) is 12.4. The molecule has 1 N–H and O–H groups in total. The molecule has 0 aliphatic rings. The van der Waals surface area contributed by atoms with Gasteiger partial charge in [0.25, 0.3) is 5.91 Å². The van der Waals surface area contributed by atoms with E-state index in [1.54, 1.807) is 12.1 Å². The second-order valence-corrected chi connectivity index (χ2v) is 7.39. The first-order chi connectivity index (χ1) is 11.4. The second kappa shape index (κ2) is 8.43. The SMILES string of the molecule is CCOc1c(Br)cc(C(=O)Nc2nnc(CC(C)C)s2)cc1OC. The Morgan fingerprint density at radius 2 is 2.12 bits per heavy atom. The molecule has 24 heavy (non-hydrogen) atoms. The van der Waals surface area contributed by atoms with Crippen molar-refractivity contribution in [1.29, 1.82) is 0 Å². The summed E-state index contributed by atoms with van der Waals surface area (Å²) in [6.07, 6.45) is 0.843. The summed E-state index contributed by atoms with van der Waals surface area (Å²) >= 11 is 4.80. The van der Waals surface area contributed by atoms with Gasteiger partial charge in [-0.3, -0.25) is 10.1 Å². The van der Waals surface area contributed by atoms with Crippen molar-refractivity contribution in [1.82, 2.24) is 10.2 Å². The van der Waals surface area contributed by atoms with E-state index < -0.39 is 0 Å². The van der Waals surface area contributed by atoms with Crippen molar-refractivity contribution in [2.24, 2.45) is 5.92 Å². The quantitative estimate of drug-likeness (QED) is 0.737. The van der Waals surface area contributed by atoms with E-state index in [1.165, 1.54) is 18.4 Å². The van der Waals surface area contributed by atoms with Gasteiger partial charge < -0.3 is 9.47 Å². The summed E-state index contributed by atoms with van der Waals surface area (Å²) in [6, 6.07) is 3.33. The van der Waals surface area contributed by atoms with Crippen LogP contribution >= 0.6 is 27.3 Å². The molecule has 0 saturated heterocycles. The van der Waals surface area contributed by atoms with Crippen LogP contribution in [0.4, 0.5) is 5.13 Å². The number of halogens is 1. The third kappa shape index (κ3) is 4.67. The monoisotopic (exact) mass is 413 g/mol. The van der Waals surface area contributed by atoms with Crippen LogP contribution in [0.15, 0.2) is 16.6 Å². The van der Waals surface area contributed by atoms with Crippen LogP contribution in [0.2, 0.25) is 0 Å². The molecule has 0 atom stereocenters. The molecule has 0 aliphatic heterocycles. The average Bonchev–Trinajstić information content (AvgIpc) is 2.95. The summed E-state index contributed by atoms with van der Waals surface area (Å²) in [5.74, 6) is 1.29. The fraction of sp³-hybridized carbons (Fsp3) is 0.438. The summed E-state index contributed by atoms with van der Waals surface area (Å²) in [5, 5.41) is 12.3. The Bertz CT molecular complexity index is 719. The number of hydrogen-bond acceptors (Lipinski definition) is 6. The fourth-order valence-corrected chi connectivity index (χ4v) is 3.54. The van der Waals surface area contributed by atoms with Gasteiger partial charge in [-0.05, 0) is 40.9 Å². The Kier molecular flexibility index (Phi) is 6.56. The highest BCUT2D eigenvalue weighted by Gasteiger charge is 2.17. The van der Waals surface area contributed by atoms with Gasteiger partial charge in [0, 0.05) is 12.0 Å². The van der Waals surface area contributed by atoms with Crippen molar-refractivity contribution in [2.45, 2.75) is 27.2 Å². The number of benzene rings is 1. The van der Waals surface area contributed by atoms with E-state index in [0.29, 0.717) is 39.2 Å². The van der Waals surface area contributed by atoms with E-state index in [0.717, 1.165) is 11.4 Å². The summed E-state index contributed by atoms with van der Waals surface area (Å²) in [5.41, 5.74) is 0.447. The molecule has 1 heterocycles. The number of carbonyl (C=O) groups is 1. The average molecular weight is 414 g/mol.